The molecule has 0 atom stereocenters. The van der Waals surface area contributed by atoms with Crippen LogP contribution in [0.15, 0.2) is 42.6 Å². The van der Waals surface area contributed by atoms with Gasteiger partial charge in [-0.05, 0) is 29.8 Å². The van der Waals surface area contributed by atoms with Crippen molar-refractivity contribution in [3.63, 3.8) is 0 Å². The quantitative estimate of drug-likeness (QED) is 0.840. The van der Waals surface area contributed by atoms with E-state index in [1.807, 2.05) is 48.3 Å². The number of anilines is 1. The van der Waals surface area contributed by atoms with Gasteiger partial charge in [0, 0.05) is 19.8 Å². The summed E-state index contributed by atoms with van der Waals surface area (Å²) in [6.07, 6.45) is 1.63. The van der Waals surface area contributed by atoms with E-state index >= 15 is 0 Å². The van der Waals surface area contributed by atoms with Gasteiger partial charge in [0.05, 0.1) is 12.8 Å². The average Bonchev–Trinajstić information content (AvgIpc) is 2.47. The summed E-state index contributed by atoms with van der Waals surface area (Å²) in [5.41, 5.74) is 2.38. The van der Waals surface area contributed by atoms with Crippen LogP contribution >= 0.6 is 0 Å². The van der Waals surface area contributed by atoms with Crippen LogP contribution < -0.4 is 9.64 Å². The first kappa shape index (κ1) is 12.9. The molecule has 0 N–H and O–H groups in total. The number of nitrogens with zero attached hydrogens (tertiary/aromatic N) is 3. The number of aromatic nitrogens is 1. The molecule has 1 aromatic heterocycles. The summed E-state index contributed by atoms with van der Waals surface area (Å²) in [5, 5.41) is 9.06. The van der Waals surface area contributed by atoms with Gasteiger partial charge in [-0.25, -0.2) is 4.98 Å². The smallest absolute Gasteiger partial charge is 0.163 e. The lowest BCUT2D eigenvalue weighted by atomic mass is 10.2. The Morgan fingerprint density at radius 1 is 1.32 bits per heavy atom. The van der Waals surface area contributed by atoms with E-state index in [1.54, 1.807) is 13.3 Å². The molecule has 0 saturated carbocycles. The largest absolute Gasteiger partial charge is 0.497 e. The van der Waals surface area contributed by atoms with Gasteiger partial charge in [0.15, 0.2) is 5.69 Å². The molecule has 96 valence electrons. The molecule has 0 spiro atoms. The Labute approximate surface area is 112 Å². The zero-order chi connectivity index (χ0) is 13.7. The van der Waals surface area contributed by atoms with E-state index in [2.05, 4.69) is 11.1 Å². The molecule has 2 rings (SSSR count). The van der Waals surface area contributed by atoms with Crippen molar-refractivity contribution in [2.75, 3.05) is 19.1 Å². The molecule has 1 aromatic carbocycles. The summed E-state index contributed by atoms with van der Waals surface area (Å²) in [6, 6.07) is 13.7. The third kappa shape index (κ3) is 3.02. The van der Waals surface area contributed by atoms with Crippen LogP contribution in [0.1, 0.15) is 11.3 Å². The van der Waals surface area contributed by atoms with Gasteiger partial charge in [-0.15, -0.1) is 0 Å². The molecule has 2 aromatic rings. The van der Waals surface area contributed by atoms with Gasteiger partial charge >= 0.3 is 0 Å². The zero-order valence-electron chi connectivity index (χ0n) is 11.0. The van der Waals surface area contributed by atoms with Crippen molar-refractivity contribution < 1.29 is 4.74 Å². The maximum atomic E-state index is 9.06. The van der Waals surface area contributed by atoms with Gasteiger partial charge in [-0.3, -0.25) is 0 Å². The summed E-state index contributed by atoms with van der Waals surface area (Å²) >= 11 is 0. The molecule has 0 bridgehead atoms. The second-order valence-electron chi connectivity index (χ2n) is 4.19. The van der Waals surface area contributed by atoms with Crippen molar-refractivity contribution >= 4 is 5.69 Å². The van der Waals surface area contributed by atoms with Gasteiger partial charge in [0.25, 0.3) is 0 Å². The maximum Gasteiger partial charge on any atom is 0.163 e. The van der Waals surface area contributed by atoms with Crippen molar-refractivity contribution in [1.29, 1.82) is 5.26 Å². The Morgan fingerprint density at radius 2 is 2.16 bits per heavy atom. The molecule has 0 fully saturated rings. The number of hydrogen-bond donors (Lipinski definition) is 0. The lowest BCUT2D eigenvalue weighted by molar-refractivity contribution is 0.414. The molecule has 19 heavy (non-hydrogen) atoms. The van der Waals surface area contributed by atoms with Crippen LogP contribution in [0.25, 0.3) is 0 Å². The molecule has 4 nitrogen and oxygen atoms in total. The van der Waals surface area contributed by atoms with Crippen molar-refractivity contribution in [3.8, 4) is 11.8 Å². The minimum absolute atomic E-state index is 0.438. The lowest BCUT2D eigenvalue weighted by Gasteiger charge is -2.20. The summed E-state index contributed by atoms with van der Waals surface area (Å²) in [5.74, 6) is 0.831. The number of benzene rings is 1. The monoisotopic (exact) mass is 253 g/mol. The minimum Gasteiger partial charge on any atom is -0.497 e. The predicted octanol–water partition coefficient (Wildman–Crippen LogP) is 2.60. The molecule has 0 aliphatic carbocycles. The third-order valence-electron chi connectivity index (χ3n) is 2.86. The Kier molecular flexibility index (Phi) is 3.99. The highest BCUT2D eigenvalue weighted by Crippen LogP contribution is 2.20. The Balaban J connectivity index is 2.21. The molecular weight excluding hydrogens is 238 g/mol. The maximum absolute atomic E-state index is 9.06. The second kappa shape index (κ2) is 5.87. The minimum atomic E-state index is 0.438. The fourth-order valence-corrected chi connectivity index (χ4v) is 1.92. The number of ether oxygens (including phenoxy) is 1. The summed E-state index contributed by atoms with van der Waals surface area (Å²) in [4.78, 5) is 6.07. The van der Waals surface area contributed by atoms with Gasteiger partial charge in [0.2, 0.25) is 0 Å². The Hall–Kier alpha value is -2.54. The Bertz CT molecular complexity index is 604. The van der Waals surface area contributed by atoms with E-state index in [0.29, 0.717) is 12.2 Å². The number of rotatable bonds is 4. The molecule has 4 heteroatoms. The number of methoxy groups -OCH3 is 1. The number of hydrogen-bond acceptors (Lipinski definition) is 4. The normalized spacial score (nSPS) is 9.74. The summed E-state index contributed by atoms with van der Waals surface area (Å²) in [7, 11) is 3.59. The molecule has 0 saturated heterocycles. The van der Waals surface area contributed by atoms with Gasteiger partial charge in [0.1, 0.15) is 11.8 Å². The van der Waals surface area contributed by atoms with E-state index in [0.717, 1.165) is 17.0 Å². The molecular formula is C15H15N3O. The molecule has 0 aliphatic rings. The van der Waals surface area contributed by atoms with Crippen molar-refractivity contribution in [2.45, 2.75) is 6.54 Å². The van der Waals surface area contributed by atoms with Crippen LogP contribution in [0, 0.1) is 11.3 Å². The van der Waals surface area contributed by atoms with Gasteiger partial charge in [-0.2, -0.15) is 5.26 Å². The van der Waals surface area contributed by atoms with Crippen molar-refractivity contribution in [3.05, 3.63) is 53.9 Å². The highest BCUT2D eigenvalue weighted by Gasteiger charge is 2.08. The molecule has 1 heterocycles. The summed E-state index contributed by atoms with van der Waals surface area (Å²) < 4.78 is 5.20. The topological polar surface area (TPSA) is 49.1 Å². The van der Waals surface area contributed by atoms with Crippen LogP contribution in [-0.4, -0.2) is 19.1 Å². The first-order chi connectivity index (χ1) is 9.24. The molecule has 0 radical (unpaired) electrons. The van der Waals surface area contributed by atoms with E-state index in [-0.39, 0.29) is 0 Å². The lowest BCUT2D eigenvalue weighted by Crippen LogP contribution is -2.17. The van der Waals surface area contributed by atoms with Crippen LogP contribution in [0.4, 0.5) is 5.69 Å². The zero-order valence-corrected chi connectivity index (χ0v) is 11.0. The third-order valence-corrected chi connectivity index (χ3v) is 2.86. The van der Waals surface area contributed by atoms with E-state index in [4.69, 9.17) is 10.00 Å². The fourth-order valence-electron chi connectivity index (χ4n) is 1.92. The predicted molar refractivity (Wildman–Crippen MR) is 74.1 cm³/mol. The fraction of sp³-hybridized carbons (Fsp3) is 0.200. The van der Waals surface area contributed by atoms with Gasteiger partial charge < -0.3 is 9.64 Å². The van der Waals surface area contributed by atoms with Crippen molar-refractivity contribution in [2.24, 2.45) is 0 Å². The highest BCUT2D eigenvalue weighted by molar-refractivity contribution is 5.55. The van der Waals surface area contributed by atoms with E-state index in [9.17, 15) is 0 Å². The number of pyridine rings is 1. The van der Waals surface area contributed by atoms with Crippen LogP contribution in [-0.2, 0) is 6.54 Å². The molecule has 0 amide bonds. The van der Waals surface area contributed by atoms with E-state index in [1.165, 1.54) is 0 Å². The first-order valence-electron chi connectivity index (χ1n) is 5.94. The second-order valence-corrected chi connectivity index (χ2v) is 4.19. The first-order valence-corrected chi connectivity index (χ1v) is 5.94. The van der Waals surface area contributed by atoms with Crippen molar-refractivity contribution in [1.82, 2.24) is 4.98 Å². The van der Waals surface area contributed by atoms with Crippen LogP contribution in [0.2, 0.25) is 0 Å². The number of nitriles is 1. The highest BCUT2D eigenvalue weighted by atomic mass is 16.5. The molecule has 0 unspecified atom stereocenters. The summed E-state index contributed by atoms with van der Waals surface area (Å²) in [6.45, 7) is 0.692. The Morgan fingerprint density at radius 3 is 2.89 bits per heavy atom. The van der Waals surface area contributed by atoms with Crippen LogP contribution in [0.3, 0.4) is 0 Å². The van der Waals surface area contributed by atoms with Gasteiger partial charge in [-0.1, -0.05) is 12.1 Å². The SMILES string of the molecule is COc1cccc(CN(C)c2cccnc2C#N)c1. The average molecular weight is 253 g/mol. The van der Waals surface area contributed by atoms with E-state index < -0.39 is 0 Å². The van der Waals surface area contributed by atoms with Crippen LogP contribution in [0.5, 0.6) is 5.75 Å². The standard InChI is InChI=1S/C15H15N3O/c1-18(15-7-4-8-17-14(15)10-16)11-12-5-3-6-13(9-12)19-2/h3-9H,11H2,1-2H3. The molecule has 0 aliphatic heterocycles.